The highest BCUT2D eigenvalue weighted by molar-refractivity contribution is 5.20. The average molecular weight is 297 g/mol. The SMILES string of the molecule is CNC(Cc1cccc(F)c1F)C1CN(C)CCCN1C. The average Bonchev–Trinajstić information content (AvgIpc) is 2.62. The monoisotopic (exact) mass is 297 g/mol. The fourth-order valence-electron chi connectivity index (χ4n) is 3.11. The van der Waals surface area contributed by atoms with Crippen LogP contribution in [0.5, 0.6) is 0 Å². The Labute approximate surface area is 125 Å². The minimum Gasteiger partial charge on any atom is -0.315 e. The maximum Gasteiger partial charge on any atom is 0.162 e. The van der Waals surface area contributed by atoms with E-state index in [1.807, 2.05) is 7.05 Å². The molecule has 118 valence electrons. The van der Waals surface area contributed by atoms with Gasteiger partial charge in [0.05, 0.1) is 0 Å². The van der Waals surface area contributed by atoms with Crippen molar-refractivity contribution in [3.05, 3.63) is 35.4 Å². The lowest BCUT2D eigenvalue weighted by molar-refractivity contribution is 0.180. The molecular formula is C16H25F2N3. The summed E-state index contributed by atoms with van der Waals surface area (Å²) in [6.07, 6.45) is 1.62. The van der Waals surface area contributed by atoms with Crippen LogP contribution in [0.1, 0.15) is 12.0 Å². The Hall–Kier alpha value is -1.04. The number of rotatable bonds is 4. The first kappa shape index (κ1) is 16.3. The number of hydrogen-bond acceptors (Lipinski definition) is 3. The van der Waals surface area contributed by atoms with Crippen molar-refractivity contribution in [3.8, 4) is 0 Å². The lowest BCUT2D eigenvalue weighted by Gasteiger charge is -2.34. The third kappa shape index (κ3) is 3.99. The molecule has 3 nitrogen and oxygen atoms in total. The molecule has 1 heterocycles. The van der Waals surface area contributed by atoms with Gasteiger partial charge in [0.1, 0.15) is 0 Å². The van der Waals surface area contributed by atoms with E-state index in [1.165, 1.54) is 6.07 Å². The van der Waals surface area contributed by atoms with Gasteiger partial charge in [-0.1, -0.05) is 12.1 Å². The van der Waals surface area contributed by atoms with E-state index in [0.717, 1.165) is 26.1 Å². The van der Waals surface area contributed by atoms with Gasteiger partial charge in [0.2, 0.25) is 0 Å². The van der Waals surface area contributed by atoms with E-state index >= 15 is 0 Å². The highest BCUT2D eigenvalue weighted by atomic mass is 19.2. The van der Waals surface area contributed by atoms with Crippen LogP contribution in [0.4, 0.5) is 8.78 Å². The maximum atomic E-state index is 13.9. The van der Waals surface area contributed by atoms with Crippen LogP contribution in [0.25, 0.3) is 0 Å². The summed E-state index contributed by atoms with van der Waals surface area (Å²) in [5.41, 5.74) is 0.439. The van der Waals surface area contributed by atoms with Crippen LogP contribution in [0.3, 0.4) is 0 Å². The summed E-state index contributed by atoms with van der Waals surface area (Å²) in [7, 11) is 6.11. The molecule has 1 saturated heterocycles. The number of halogens is 2. The van der Waals surface area contributed by atoms with E-state index in [9.17, 15) is 8.78 Å². The highest BCUT2D eigenvalue weighted by Crippen LogP contribution is 2.18. The summed E-state index contributed by atoms with van der Waals surface area (Å²) >= 11 is 0. The van der Waals surface area contributed by atoms with Gasteiger partial charge < -0.3 is 15.1 Å². The first-order valence-corrected chi connectivity index (χ1v) is 7.52. The number of nitrogens with one attached hydrogen (secondary N) is 1. The molecule has 0 amide bonds. The summed E-state index contributed by atoms with van der Waals surface area (Å²) in [6.45, 7) is 3.03. The smallest absolute Gasteiger partial charge is 0.162 e. The van der Waals surface area contributed by atoms with Crippen LogP contribution in [-0.4, -0.2) is 62.7 Å². The number of hydrogen-bond donors (Lipinski definition) is 1. The molecule has 0 aromatic heterocycles. The molecule has 2 rings (SSSR count). The number of nitrogens with zero attached hydrogens (tertiary/aromatic N) is 2. The van der Waals surface area contributed by atoms with E-state index in [2.05, 4.69) is 29.2 Å². The lowest BCUT2D eigenvalue weighted by atomic mass is 9.97. The predicted octanol–water partition coefficient (Wildman–Crippen LogP) is 1.73. The lowest BCUT2D eigenvalue weighted by Crippen LogP contribution is -2.52. The topological polar surface area (TPSA) is 18.5 Å². The van der Waals surface area contributed by atoms with E-state index < -0.39 is 11.6 Å². The zero-order valence-corrected chi connectivity index (χ0v) is 13.1. The summed E-state index contributed by atoms with van der Waals surface area (Å²) in [5, 5.41) is 3.29. The second kappa shape index (κ2) is 7.29. The van der Waals surface area contributed by atoms with Gasteiger partial charge in [-0.05, 0) is 58.7 Å². The fourth-order valence-corrected chi connectivity index (χ4v) is 3.11. The molecule has 0 aliphatic carbocycles. The Balaban J connectivity index is 2.16. The molecule has 0 saturated carbocycles. The molecule has 2 unspecified atom stereocenters. The Bertz CT molecular complexity index is 467. The number of benzene rings is 1. The molecule has 1 aliphatic heterocycles. The van der Waals surface area contributed by atoms with E-state index in [-0.39, 0.29) is 12.1 Å². The van der Waals surface area contributed by atoms with Gasteiger partial charge in [-0.3, -0.25) is 0 Å². The molecular weight excluding hydrogens is 272 g/mol. The molecule has 1 aromatic rings. The van der Waals surface area contributed by atoms with Gasteiger partial charge in [0.15, 0.2) is 11.6 Å². The molecule has 2 atom stereocenters. The van der Waals surface area contributed by atoms with Crippen LogP contribution >= 0.6 is 0 Å². The molecule has 1 N–H and O–H groups in total. The second-order valence-corrected chi connectivity index (χ2v) is 5.98. The zero-order chi connectivity index (χ0) is 15.4. The third-order valence-corrected chi connectivity index (χ3v) is 4.42. The van der Waals surface area contributed by atoms with Gasteiger partial charge in [-0.25, -0.2) is 8.78 Å². The zero-order valence-electron chi connectivity index (χ0n) is 13.1. The molecule has 0 bridgehead atoms. The van der Waals surface area contributed by atoms with E-state index in [0.29, 0.717) is 12.0 Å². The van der Waals surface area contributed by atoms with Crippen LogP contribution in [0, 0.1) is 11.6 Å². The van der Waals surface area contributed by atoms with E-state index in [4.69, 9.17) is 0 Å². The van der Waals surface area contributed by atoms with Crippen molar-refractivity contribution >= 4 is 0 Å². The maximum absolute atomic E-state index is 13.9. The van der Waals surface area contributed by atoms with Gasteiger partial charge in [-0.2, -0.15) is 0 Å². The number of likely N-dealkylation sites (N-methyl/N-ethyl adjacent to an activating group) is 3. The molecule has 21 heavy (non-hydrogen) atoms. The van der Waals surface area contributed by atoms with Crippen molar-refractivity contribution in [3.63, 3.8) is 0 Å². The van der Waals surface area contributed by atoms with Crippen molar-refractivity contribution in [1.29, 1.82) is 0 Å². The molecule has 1 fully saturated rings. The van der Waals surface area contributed by atoms with Crippen LogP contribution in [0.2, 0.25) is 0 Å². The first-order chi connectivity index (χ1) is 10.0. The Morgan fingerprint density at radius 1 is 1.29 bits per heavy atom. The Morgan fingerprint density at radius 2 is 2.05 bits per heavy atom. The summed E-state index contributed by atoms with van der Waals surface area (Å²) in [5.74, 6) is -1.49. The molecule has 1 aromatic carbocycles. The quantitative estimate of drug-likeness (QED) is 0.913. The van der Waals surface area contributed by atoms with Crippen LogP contribution in [-0.2, 0) is 6.42 Å². The van der Waals surface area contributed by atoms with E-state index in [1.54, 1.807) is 12.1 Å². The highest BCUT2D eigenvalue weighted by Gasteiger charge is 2.28. The Kier molecular flexibility index (Phi) is 5.67. The minimum absolute atomic E-state index is 0.0897. The van der Waals surface area contributed by atoms with Crippen LogP contribution in [0.15, 0.2) is 18.2 Å². The largest absolute Gasteiger partial charge is 0.315 e. The van der Waals surface area contributed by atoms with Gasteiger partial charge in [0.25, 0.3) is 0 Å². The predicted molar refractivity (Wildman–Crippen MR) is 81.4 cm³/mol. The van der Waals surface area contributed by atoms with Crippen molar-refractivity contribution in [2.45, 2.75) is 24.9 Å². The van der Waals surface area contributed by atoms with Crippen molar-refractivity contribution in [2.75, 3.05) is 40.8 Å². The Morgan fingerprint density at radius 3 is 2.76 bits per heavy atom. The third-order valence-electron chi connectivity index (χ3n) is 4.42. The first-order valence-electron chi connectivity index (χ1n) is 7.52. The summed E-state index contributed by atoms with van der Waals surface area (Å²) < 4.78 is 27.3. The normalized spacial score (nSPS) is 23.0. The van der Waals surface area contributed by atoms with Gasteiger partial charge in [-0.15, -0.1) is 0 Å². The standard InChI is InChI=1S/C16H25F2N3/c1-19-14(10-12-6-4-7-13(17)16(12)18)15-11-20(2)8-5-9-21(15)3/h4,6-7,14-15,19H,5,8-11H2,1-3H3. The fraction of sp³-hybridized carbons (Fsp3) is 0.625. The second-order valence-electron chi connectivity index (χ2n) is 5.98. The summed E-state index contributed by atoms with van der Waals surface area (Å²) in [6, 6.07) is 4.78. The molecule has 1 aliphatic rings. The van der Waals surface area contributed by atoms with Crippen LogP contribution < -0.4 is 5.32 Å². The minimum atomic E-state index is -0.770. The molecule has 5 heteroatoms. The van der Waals surface area contributed by atoms with Gasteiger partial charge >= 0.3 is 0 Å². The van der Waals surface area contributed by atoms with Crippen molar-refractivity contribution in [2.24, 2.45) is 0 Å². The summed E-state index contributed by atoms with van der Waals surface area (Å²) in [4.78, 5) is 4.63. The van der Waals surface area contributed by atoms with Crippen molar-refractivity contribution < 1.29 is 8.78 Å². The molecule has 0 spiro atoms. The molecule has 0 radical (unpaired) electrons. The van der Waals surface area contributed by atoms with Crippen molar-refractivity contribution in [1.82, 2.24) is 15.1 Å². The van der Waals surface area contributed by atoms with Gasteiger partial charge in [0, 0.05) is 18.6 Å².